The fourth-order valence-electron chi connectivity index (χ4n) is 3.94. The van der Waals surface area contributed by atoms with E-state index < -0.39 is 12.0 Å². The maximum Gasteiger partial charge on any atom is 0.338 e. The summed E-state index contributed by atoms with van der Waals surface area (Å²) in [4.78, 5) is 31.8. The number of rotatable bonds is 7. The van der Waals surface area contributed by atoms with Crippen molar-refractivity contribution < 1.29 is 19.0 Å². The van der Waals surface area contributed by atoms with Gasteiger partial charge in [-0.2, -0.15) is 5.26 Å². The minimum absolute atomic E-state index is 0.111. The van der Waals surface area contributed by atoms with Gasteiger partial charge in [0.05, 0.1) is 40.0 Å². The molecule has 0 aliphatic carbocycles. The van der Waals surface area contributed by atoms with Gasteiger partial charge in [0.25, 0.3) is 5.56 Å². The molecule has 2 heterocycles. The van der Waals surface area contributed by atoms with Crippen LogP contribution < -0.4 is 24.4 Å². The number of methoxy groups -OCH3 is 1. The van der Waals surface area contributed by atoms with Crippen LogP contribution in [-0.4, -0.2) is 30.9 Å². The molecule has 0 amide bonds. The van der Waals surface area contributed by atoms with Crippen molar-refractivity contribution in [1.82, 2.24) is 4.57 Å². The van der Waals surface area contributed by atoms with E-state index in [0.29, 0.717) is 47.7 Å². The first-order valence-corrected chi connectivity index (χ1v) is 12.6. The zero-order valence-corrected chi connectivity index (χ0v) is 22.2. The number of nitriles is 1. The minimum Gasteiger partial charge on any atom is -0.496 e. The van der Waals surface area contributed by atoms with Crippen LogP contribution in [0.25, 0.3) is 6.08 Å². The number of carbonyl (C=O) groups is 1. The summed E-state index contributed by atoms with van der Waals surface area (Å²) in [6, 6.07) is 13.8. The number of hydrogen-bond acceptors (Lipinski definition) is 8. The summed E-state index contributed by atoms with van der Waals surface area (Å²) >= 11 is 4.72. The van der Waals surface area contributed by atoms with Crippen molar-refractivity contribution in [2.45, 2.75) is 19.9 Å². The monoisotopic (exact) mass is 567 g/mol. The first-order valence-electron chi connectivity index (χ1n) is 11.0. The average Bonchev–Trinajstić information content (AvgIpc) is 3.16. The van der Waals surface area contributed by atoms with E-state index in [1.807, 2.05) is 24.3 Å². The van der Waals surface area contributed by atoms with Crippen molar-refractivity contribution >= 4 is 39.3 Å². The lowest BCUT2D eigenvalue weighted by Gasteiger charge is -2.25. The molecule has 184 valence electrons. The Hall–Kier alpha value is -3.68. The summed E-state index contributed by atoms with van der Waals surface area (Å²) in [5.74, 6) is 0.586. The molecule has 1 aromatic heterocycles. The SMILES string of the molecule is CCOC(=O)C1=C(C)N=c2s/c(=C/c3ccccc3OCC#N)c(=O)n2[C@@H]1c1ccc(OC)c(Br)c1. The molecule has 0 fully saturated rings. The van der Waals surface area contributed by atoms with Crippen LogP contribution in [0.2, 0.25) is 0 Å². The molecule has 1 aliphatic heterocycles. The molecule has 0 spiro atoms. The van der Waals surface area contributed by atoms with Gasteiger partial charge in [-0.1, -0.05) is 35.6 Å². The van der Waals surface area contributed by atoms with Crippen LogP contribution in [0.4, 0.5) is 0 Å². The maximum absolute atomic E-state index is 13.7. The van der Waals surface area contributed by atoms with Gasteiger partial charge in [0, 0.05) is 5.56 Å². The fourth-order valence-corrected chi connectivity index (χ4v) is 5.54. The molecule has 0 N–H and O–H groups in total. The highest BCUT2D eigenvalue weighted by Gasteiger charge is 2.33. The molecule has 10 heteroatoms. The van der Waals surface area contributed by atoms with Crippen LogP contribution in [0.5, 0.6) is 11.5 Å². The second kappa shape index (κ2) is 10.9. The fraction of sp³-hybridized carbons (Fsp3) is 0.231. The molecule has 36 heavy (non-hydrogen) atoms. The maximum atomic E-state index is 13.7. The number of esters is 1. The third-order valence-corrected chi connectivity index (χ3v) is 7.11. The number of thiazole rings is 1. The molecule has 0 saturated heterocycles. The predicted molar refractivity (Wildman–Crippen MR) is 139 cm³/mol. The Morgan fingerprint density at radius 3 is 2.75 bits per heavy atom. The van der Waals surface area contributed by atoms with E-state index in [4.69, 9.17) is 19.5 Å². The van der Waals surface area contributed by atoms with Crippen LogP contribution in [0.15, 0.2) is 68.0 Å². The Morgan fingerprint density at radius 2 is 2.06 bits per heavy atom. The van der Waals surface area contributed by atoms with E-state index in [2.05, 4.69) is 20.9 Å². The first-order chi connectivity index (χ1) is 17.4. The molecule has 0 saturated carbocycles. The van der Waals surface area contributed by atoms with Gasteiger partial charge in [-0.25, -0.2) is 9.79 Å². The summed E-state index contributed by atoms with van der Waals surface area (Å²) in [5.41, 5.74) is 1.83. The van der Waals surface area contributed by atoms with Gasteiger partial charge in [0.1, 0.15) is 17.6 Å². The van der Waals surface area contributed by atoms with E-state index in [1.54, 1.807) is 51.3 Å². The Labute approximate surface area is 219 Å². The topological polar surface area (TPSA) is 103 Å². The molecule has 3 aromatic rings. The van der Waals surface area contributed by atoms with Crippen molar-refractivity contribution in [2.75, 3.05) is 20.3 Å². The highest BCUT2D eigenvalue weighted by atomic mass is 79.9. The zero-order chi connectivity index (χ0) is 25.8. The van der Waals surface area contributed by atoms with E-state index in [1.165, 1.54) is 15.9 Å². The third kappa shape index (κ3) is 4.85. The Morgan fingerprint density at radius 1 is 1.28 bits per heavy atom. The van der Waals surface area contributed by atoms with Crippen LogP contribution >= 0.6 is 27.3 Å². The highest BCUT2D eigenvalue weighted by molar-refractivity contribution is 9.10. The van der Waals surface area contributed by atoms with Gasteiger partial charge in [-0.3, -0.25) is 9.36 Å². The highest BCUT2D eigenvalue weighted by Crippen LogP contribution is 2.35. The summed E-state index contributed by atoms with van der Waals surface area (Å²) in [6.45, 7) is 3.55. The Bertz CT molecular complexity index is 1580. The summed E-state index contributed by atoms with van der Waals surface area (Å²) in [5, 5.41) is 8.88. The number of para-hydroxylation sites is 1. The van der Waals surface area contributed by atoms with Crippen LogP contribution in [0.3, 0.4) is 0 Å². The zero-order valence-electron chi connectivity index (χ0n) is 19.8. The minimum atomic E-state index is -0.741. The van der Waals surface area contributed by atoms with Gasteiger partial charge in [0.2, 0.25) is 0 Å². The summed E-state index contributed by atoms with van der Waals surface area (Å²) < 4.78 is 18.8. The summed E-state index contributed by atoms with van der Waals surface area (Å²) in [6.07, 6.45) is 1.71. The third-order valence-electron chi connectivity index (χ3n) is 5.51. The van der Waals surface area contributed by atoms with E-state index in [9.17, 15) is 9.59 Å². The molecule has 0 radical (unpaired) electrons. The quantitative estimate of drug-likeness (QED) is 0.405. The van der Waals surface area contributed by atoms with Crippen LogP contribution in [-0.2, 0) is 9.53 Å². The van der Waals surface area contributed by atoms with Crippen molar-refractivity contribution in [3.8, 4) is 17.6 Å². The van der Waals surface area contributed by atoms with Crippen molar-refractivity contribution in [3.05, 3.63) is 89.0 Å². The predicted octanol–water partition coefficient (Wildman–Crippen LogP) is 3.47. The Kier molecular flexibility index (Phi) is 7.72. The molecule has 0 unspecified atom stereocenters. The van der Waals surface area contributed by atoms with E-state index >= 15 is 0 Å². The number of hydrogen-bond donors (Lipinski definition) is 0. The molecule has 2 aromatic carbocycles. The molecular formula is C26H22BrN3O5S. The molecule has 4 rings (SSSR count). The number of carbonyl (C=O) groups excluding carboxylic acids is 1. The average molecular weight is 568 g/mol. The molecule has 8 nitrogen and oxygen atoms in total. The lowest BCUT2D eigenvalue weighted by Crippen LogP contribution is -2.40. The van der Waals surface area contributed by atoms with Gasteiger partial charge in [-0.05, 0) is 59.6 Å². The number of allylic oxidation sites excluding steroid dienone is 1. The van der Waals surface area contributed by atoms with Crippen molar-refractivity contribution in [3.63, 3.8) is 0 Å². The van der Waals surface area contributed by atoms with Crippen molar-refractivity contribution in [2.24, 2.45) is 4.99 Å². The molecule has 0 bridgehead atoms. The standard InChI is InChI=1S/C26H22BrN3O5S/c1-4-34-25(32)22-15(2)29-26-30(23(22)17-9-10-20(33-3)18(27)13-17)24(31)21(36-26)14-16-7-5-6-8-19(16)35-12-11-28/h5-10,13-14,23H,4,12H2,1-3H3/b21-14+/t23-/m1/s1. The van der Waals surface area contributed by atoms with Gasteiger partial charge in [0.15, 0.2) is 11.4 Å². The molecular weight excluding hydrogens is 546 g/mol. The number of benzene rings is 2. The summed E-state index contributed by atoms with van der Waals surface area (Å²) in [7, 11) is 1.56. The number of ether oxygens (including phenoxy) is 3. The molecule has 1 aliphatic rings. The largest absolute Gasteiger partial charge is 0.496 e. The number of halogens is 1. The van der Waals surface area contributed by atoms with E-state index in [0.717, 1.165) is 0 Å². The lowest BCUT2D eigenvalue weighted by atomic mass is 9.96. The van der Waals surface area contributed by atoms with Crippen LogP contribution in [0.1, 0.15) is 31.0 Å². The van der Waals surface area contributed by atoms with Crippen LogP contribution in [0, 0.1) is 11.3 Å². The second-order valence-electron chi connectivity index (χ2n) is 7.68. The van der Waals surface area contributed by atoms with Crippen molar-refractivity contribution in [1.29, 1.82) is 5.26 Å². The smallest absolute Gasteiger partial charge is 0.338 e. The first kappa shape index (κ1) is 25.4. The normalized spacial score (nSPS) is 15.1. The van der Waals surface area contributed by atoms with E-state index in [-0.39, 0.29) is 18.8 Å². The second-order valence-corrected chi connectivity index (χ2v) is 9.54. The number of aromatic nitrogens is 1. The lowest BCUT2D eigenvalue weighted by molar-refractivity contribution is -0.139. The van der Waals surface area contributed by atoms with Gasteiger partial charge >= 0.3 is 5.97 Å². The Balaban J connectivity index is 1.94. The number of nitrogens with zero attached hydrogens (tertiary/aromatic N) is 3. The molecule has 1 atom stereocenters. The van der Waals surface area contributed by atoms with Gasteiger partial charge < -0.3 is 14.2 Å². The van der Waals surface area contributed by atoms with Gasteiger partial charge in [-0.15, -0.1) is 0 Å². The number of fused-ring (bicyclic) bond motifs is 1.